The number of nitrogens with two attached hydrogens (primary N) is 2. The highest BCUT2D eigenvalue weighted by Crippen LogP contribution is 2.30. The number of amides is 1. The summed E-state index contributed by atoms with van der Waals surface area (Å²) in [5.74, 6) is -0.830. The zero-order chi connectivity index (χ0) is 19.0. The summed E-state index contributed by atoms with van der Waals surface area (Å²) in [6, 6.07) is 6.88. The van der Waals surface area contributed by atoms with Crippen molar-refractivity contribution in [2.75, 3.05) is 16.8 Å². The number of nitrogen functional groups attached to an aromatic ring is 2. The summed E-state index contributed by atoms with van der Waals surface area (Å²) in [6.07, 6.45) is 0. The molecule has 0 saturated heterocycles. The van der Waals surface area contributed by atoms with E-state index < -0.39 is 47.3 Å². The van der Waals surface area contributed by atoms with E-state index in [0.717, 1.165) is 0 Å². The quantitative estimate of drug-likeness (QED) is 0.369. The van der Waals surface area contributed by atoms with Crippen LogP contribution in [0.3, 0.4) is 0 Å². The highest BCUT2D eigenvalue weighted by Gasteiger charge is 2.24. The van der Waals surface area contributed by atoms with Crippen LogP contribution in [-0.2, 0) is 20.2 Å². The molecule has 10 nitrogen and oxygen atoms in total. The molecule has 0 atom stereocenters. The molecule has 0 saturated carbocycles. The van der Waals surface area contributed by atoms with Crippen molar-refractivity contribution >= 4 is 43.2 Å². The van der Waals surface area contributed by atoms with Gasteiger partial charge in [-0.2, -0.15) is 16.8 Å². The molecule has 1 amide bonds. The predicted molar refractivity (Wildman–Crippen MR) is 89.3 cm³/mol. The van der Waals surface area contributed by atoms with Gasteiger partial charge in [-0.3, -0.25) is 13.9 Å². The van der Waals surface area contributed by atoms with E-state index in [9.17, 15) is 26.2 Å². The van der Waals surface area contributed by atoms with Crippen LogP contribution >= 0.6 is 0 Å². The average molecular weight is 387 g/mol. The Bertz CT molecular complexity index is 1060. The Kier molecular flexibility index (Phi) is 4.72. The van der Waals surface area contributed by atoms with Crippen molar-refractivity contribution in [3.8, 4) is 0 Å². The van der Waals surface area contributed by atoms with Gasteiger partial charge in [-0.15, -0.1) is 0 Å². The minimum absolute atomic E-state index is 0.0477. The molecule has 134 valence electrons. The monoisotopic (exact) mass is 387 g/mol. The highest BCUT2D eigenvalue weighted by molar-refractivity contribution is 7.86. The Morgan fingerprint density at radius 2 is 1.52 bits per heavy atom. The number of carbonyl (C=O) groups is 1. The van der Waals surface area contributed by atoms with Crippen molar-refractivity contribution in [3.63, 3.8) is 0 Å². The van der Waals surface area contributed by atoms with Gasteiger partial charge in [0.05, 0.1) is 11.4 Å². The third kappa shape index (κ3) is 4.24. The lowest BCUT2D eigenvalue weighted by Crippen LogP contribution is -2.16. The molecule has 0 heterocycles. The molecule has 0 aliphatic rings. The molecule has 12 heteroatoms. The molecular weight excluding hydrogens is 374 g/mol. The van der Waals surface area contributed by atoms with Crippen LogP contribution in [0.4, 0.5) is 17.1 Å². The lowest BCUT2D eigenvalue weighted by atomic mass is 10.2. The molecule has 7 N–H and O–H groups in total. The number of nitrogens with one attached hydrogen (secondary N) is 1. The summed E-state index contributed by atoms with van der Waals surface area (Å²) in [7, 11) is -9.65. The lowest BCUT2D eigenvalue weighted by Gasteiger charge is -2.13. The second-order valence-corrected chi connectivity index (χ2v) is 7.70. The van der Waals surface area contributed by atoms with Gasteiger partial charge in [0.2, 0.25) is 0 Å². The van der Waals surface area contributed by atoms with Crippen molar-refractivity contribution < 1.29 is 30.7 Å². The Morgan fingerprint density at radius 3 is 2.04 bits per heavy atom. The van der Waals surface area contributed by atoms with E-state index in [-0.39, 0.29) is 11.3 Å². The first-order valence-corrected chi connectivity index (χ1v) is 9.33. The van der Waals surface area contributed by atoms with Crippen LogP contribution in [0.1, 0.15) is 10.4 Å². The summed E-state index contributed by atoms with van der Waals surface area (Å²) < 4.78 is 63.9. The molecule has 0 spiro atoms. The highest BCUT2D eigenvalue weighted by atomic mass is 32.2. The van der Waals surface area contributed by atoms with Crippen molar-refractivity contribution in [2.24, 2.45) is 0 Å². The van der Waals surface area contributed by atoms with Gasteiger partial charge in [-0.25, -0.2) is 0 Å². The van der Waals surface area contributed by atoms with E-state index in [0.29, 0.717) is 12.1 Å². The van der Waals surface area contributed by atoms with Crippen LogP contribution in [0, 0.1) is 0 Å². The average Bonchev–Trinajstić information content (AvgIpc) is 2.46. The molecular formula is C13H13N3O7S2. The van der Waals surface area contributed by atoms with Crippen molar-refractivity contribution in [2.45, 2.75) is 9.79 Å². The minimum atomic E-state index is -4.85. The third-order valence-corrected chi connectivity index (χ3v) is 4.87. The zero-order valence-corrected chi connectivity index (χ0v) is 14.0. The van der Waals surface area contributed by atoms with Gasteiger partial charge >= 0.3 is 0 Å². The normalized spacial score (nSPS) is 11.9. The summed E-state index contributed by atoms with van der Waals surface area (Å²) in [5.41, 5.74) is 10.0. The maximum Gasteiger partial charge on any atom is 0.296 e. The number of rotatable bonds is 4. The molecule has 0 radical (unpaired) electrons. The first-order valence-electron chi connectivity index (χ1n) is 6.45. The number of benzene rings is 2. The Balaban J connectivity index is 2.60. The van der Waals surface area contributed by atoms with Gasteiger partial charge in [-0.05, 0) is 30.3 Å². The van der Waals surface area contributed by atoms with Crippen molar-refractivity contribution in [1.29, 1.82) is 0 Å². The molecule has 0 unspecified atom stereocenters. The topological polar surface area (TPSA) is 190 Å². The van der Waals surface area contributed by atoms with Gasteiger partial charge in [0.25, 0.3) is 26.1 Å². The SMILES string of the molecule is Nc1cccc(C(=O)Nc2cc(S(=O)(=O)O)c(N)cc2S(=O)(=O)O)c1. The van der Waals surface area contributed by atoms with Crippen molar-refractivity contribution in [1.82, 2.24) is 0 Å². The van der Waals surface area contributed by atoms with E-state index >= 15 is 0 Å². The summed E-state index contributed by atoms with van der Waals surface area (Å²) in [4.78, 5) is 10.5. The van der Waals surface area contributed by atoms with E-state index in [1.165, 1.54) is 24.3 Å². The van der Waals surface area contributed by atoms with Crippen LogP contribution in [0.2, 0.25) is 0 Å². The van der Waals surface area contributed by atoms with Crippen LogP contribution in [0.5, 0.6) is 0 Å². The number of carbonyl (C=O) groups excluding carboxylic acids is 1. The fourth-order valence-corrected chi connectivity index (χ4v) is 3.27. The molecule has 0 aliphatic heterocycles. The Hall–Kier alpha value is -2.67. The van der Waals surface area contributed by atoms with E-state index in [1.807, 2.05) is 0 Å². The maximum atomic E-state index is 12.2. The van der Waals surface area contributed by atoms with Gasteiger partial charge in [0.15, 0.2) is 0 Å². The van der Waals surface area contributed by atoms with E-state index in [4.69, 9.17) is 16.0 Å². The van der Waals surface area contributed by atoms with E-state index in [2.05, 4.69) is 5.32 Å². The van der Waals surface area contributed by atoms with E-state index in [1.54, 1.807) is 0 Å². The van der Waals surface area contributed by atoms with Crippen LogP contribution in [0.15, 0.2) is 46.2 Å². The smallest absolute Gasteiger partial charge is 0.296 e. The fraction of sp³-hybridized carbons (Fsp3) is 0. The third-order valence-electron chi connectivity index (χ3n) is 3.06. The first-order chi connectivity index (χ1) is 11.4. The van der Waals surface area contributed by atoms with Crippen LogP contribution in [0.25, 0.3) is 0 Å². The van der Waals surface area contributed by atoms with Crippen molar-refractivity contribution in [3.05, 3.63) is 42.0 Å². The summed E-state index contributed by atoms with van der Waals surface area (Å²) >= 11 is 0. The molecule has 0 fully saturated rings. The zero-order valence-electron chi connectivity index (χ0n) is 12.4. The van der Waals surface area contributed by atoms with Gasteiger partial charge in [-0.1, -0.05) is 6.07 Å². The Labute approximate surface area is 143 Å². The lowest BCUT2D eigenvalue weighted by molar-refractivity contribution is 0.102. The largest absolute Gasteiger partial charge is 0.399 e. The minimum Gasteiger partial charge on any atom is -0.399 e. The number of hydrogen-bond donors (Lipinski definition) is 5. The fourth-order valence-electron chi connectivity index (χ4n) is 1.98. The standard InChI is InChI=1S/C13H13N3O7S2/c14-8-3-1-2-7(4-8)13(17)16-10-6-11(24(18,19)20)9(15)5-12(10)25(21,22)23/h1-6H,14-15H2,(H,16,17)(H,18,19,20)(H,21,22,23). The molecule has 2 aromatic carbocycles. The second kappa shape index (κ2) is 6.33. The molecule has 2 rings (SSSR count). The predicted octanol–water partition coefficient (Wildman–Crippen LogP) is 0.597. The summed E-state index contributed by atoms with van der Waals surface area (Å²) in [5, 5.41) is 2.14. The maximum absolute atomic E-state index is 12.2. The second-order valence-electron chi connectivity index (χ2n) is 4.92. The molecule has 25 heavy (non-hydrogen) atoms. The number of hydrogen-bond acceptors (Lipinski definition) is 7. The Morgan fingerprint density at radius 1 is 0.920 bits per heavy atom. The molecule has 0 aromatic heterocycles. The summed E-state index contributed by atoms with van der Waals surface area (Å²) in [6.45, 7) is 0. The molecule has 0 bridgehead atoms. The van der Waals surface area contributed by atoms with Gasteiger partial charge < -0.3 is 16.8 Å². The van der Waals surface area contributed by atoms with Crippen LogP contribution < -0.4 is 16.8 Å². The van der Waals surface area contributed by atoms with Gasteiger partial charge in [0, 0.05) is 11.3 Å². The first kappa shape index (κ1) is 18.7. The molecule has 0 aliphatic carbocycles. The molecule has 2 aromatic rings. The van der Waals surface area contributed by atoms with Crippen LogP contribution in [-0.4, -0.2) is 31.8 Å². The number of anilines is 3. The van der Waals surface area contributed by atoms with Gasteiger partial charge in [0.1, 0.15) is 9.79 Å².